The molecule has 0 aliphatic heterocycles. The fourth-order valence-electron chi connectivity index (χ4n) is 3.60. The van der Waals surface area contributed by atoms with Gasteiger partial charge in [-0.05, 0) is 63.1 Å². The van der Waals surface area contributed by atoms with Crippen molar-refractivity contribution in [2.45, 2.75) is 45.5 Å². The highest BCUT2D eigenvalue weighted by Gasteiger charge is 2.21. The van der Waals surface area contributed by atoms with E-state index in [1.807, 2.05) is 50.5 Å². The van der Waals surface area contributed by atoms with Gasteiger partial charge in [-0.25, -0.2) is 9.59 Å². The lowest BCUT2D eigenvalue weighted by molar-refractivity contribution is -0.113. The number of rotatable bonds is 10. The smallest absolute Gasteiger partial charge is 0.337 e. The van der Waals surface area contributed by atoms with Crippen LogP contribution in [0.3, 0.4) is 0 Å². The maximum atomic E-state index is 12.7. The Morgan fingerprint density at radius 2 is 1.68 bits per heavy atom. The number of hydrogen-bond donors (Lipinski definition) is 1. The minimum absolute atomic E-state index is 0.0281. The van der Waals surface area contributed by atoms with E-state index in [2.05, 4.69) is 15.5 Å². The number of hydrogen-bond acceptors (Lipinski definition) is 9. The van der Waals surface area contributed by atoms with Crippen LogP contribution in [0.15, 0.2) is 41.6 Å². The van der Waals surface area contributed by atoms with E-state index in [-0.39, 0.29) is 34.6 Å². The number of amides is 1. The molecule has 0 fully saturated rings. The largest absolute Gasteiger partial charge is 0.482 e. The van der Waals surface area contributed by atoms with Gasteiger partial charge in [0, 0.05) is 12.2 Å². The Labute approximate surface area is 219 Å². The molecule has 0 saturated heterocycles. The van der Waals surface area contributed by atoms with Crippen molar-refractivity contribution >= 4 is 35.3 Å². The van der Waals surface area contributed by atoms with Gasteiger partial charge in [-0.3, -0.25) is 4.79 Å². The van der Waals surface area contributed by atoms with Crippen LogP contribution in [0.2, 0.25) is 0 Å². The number of benzene rings is 2. The molecule has 2 aromatic carbocycles. The first kappa shape index (κ1) is 27.7. The monoisotopic (exact) mass is 526 g/mol. The van der Waals surface area contributed by atoms with Gasteiger partial charge in [-0.15, -0.1) is 10.2 Å². The molecule has 1 heterocycles. The highest BCUT2D eigenvalue weighted by molar-refractivity contribution is 7.99. The number of nitrogens with one attached hydrogen (secondary N) is 1. The van der Waals surface area contributed by atoms with Crippen molar-refractivity contribution in [3.63, 3.8) is 0 Å². The third-order valence-corrected chi connectivity index (χ3v) is 6.64. The zero-order valence-corrected chi connectivity index (χ0v) is 22.5. The number of thioether (sulfide) groups is 1. The molecule has 0 radical (unpaired) electrons. The van der Waals surface area contributed by atoms with Crippen LogP contribution in [0, 0.1) is 13.8 Å². The molecule has 3 aromatic rings. The second kappa shape index (κ2) is 12.4. The summed E-state index contributed by atoms with van der Waals surface area (Å²) in [6.07, 6.45) is -0.353. The number of esters is 2. The molecule has 3 rings (SSSR count). The minimum atomic E-state index is -0.642. The molecule has 1 unspecified atom stereocenters. The lowest BCUT2D eigenvalue weighted by Crippen LogP contribution is -2.17. The number of methoxy groups -OCH3 is 2. The van der Waals surface area contributed by atoms with E-state index in [1.165, 1.54) is 44.2 Å². The van der Waals surface area contributed by atoms with Crippen molar-refractivity contribution in [1.82, 2.24) is 14.8 Å². The summed E-state index contributed by atoms with van der Waals surface area (Å²) >= 11 is 1.22. The normalized spacial score (nSPS) is 11.5. The molecule has 0 aliphatic carbocycles. The van der Waals surface area contributed by atoms with Crippen molar-refractivity contribution in [2.24, 2.45) is 0 Å². The number of aromatic nitrogens is 3. The molecule has 0 aliphatic rings. The predicted octanol–water partition coefficient (Wildman–Crippen LogP) is 4.36. The molecule has 1 N–H and O–H groups in total. The fraction of sp³-hybridized carbons (Fsp3) is 0.346. The number of carbonyl (C=O) groups excluding carboxylic acids is 3. The van der Waals surface area contributed by atoms with E-state index < -0.39 is 11.9 Å². The molecule has 1 aromatic heterocycles. The van der Waals surface area contributed by atoms with Crippen LogP contribution >= 0.6 is 11.8 Å². The number of anilines is 1. The van der Waals surface area contributed by atoms with Crippen LogP contribution in [0.1, 0.15) is 57.6 Å². The van der Waals surface area contributed by atoms with Crippen molar-refractivity contribution in [3.05, 3.63) is 64.5 Å². The third kappa shape index (κ3) is 6.67. The Morgan fingerprint density at radius 1 is 1.03 bits per heavy atom. The molecule has 1 amide bonds. The molecule has 0 saturated carbocycles. The van der Waals surface area contributed by atoms with E-state index in [4.69, 9.17) is 14.2 Å². The first-order valence-corrected chi connectivity index (χ1v) is 12.6. The van der Waals surface area contributed by atoms with Crippen molar-refractivity contribution in [3.8, 4) is 5.75 Å². The van der Waals surface area contributed by atoms with Crippen molar-refractivity contribution in [1.29, 1.82) is 0 Å². The number of ether oxygens (including phenoxy) is 3. The SMILES string of the molecule is CCn1c(SCC(=O)Nc2cc(C(=O)OC)cc(C(=O)OC)c2)nnc1C(C)Oc1cccc(C)c1C. The zero-order valence-electron chi connectivity index (χ0n) is 21.7. The first-order valence-electron chi connectivity index (χ1n) is 11.6. The summed E-state index contributed by atoms with van der Waals surface area (Å²) in [4.78, 5) is 36.7. The molecular weight excluding hydrogens is 496 g/mol. The number of nitrogens with zero attached hydrogens (tertiary/aromatic N) is 3. The summed E-state index contributed by atoms with van der Waals surface area (Å²) in [5.74, 6) is -0.171. The number of aryl methyl sites for hydroxylation is 1. The van der Waals surface area contributed by atoms with Crippen LogP contribution in [-0.4, -0.2) is 52.6 Å². The van der Waals surface area contributed by atoms with Gasteiger partial charge in [0.05, 0.1) is 31.1 Å². The van der Waals surface area contributed by atoms with Crippen LogP contribution < -0.4 is 10.1 Å². The molecule has 37 heavy (non-hydrogen) atoms. The molecule has 1 atom stereocenters. The summed E-state index contributed by atoms with van der Waals surface area (Å²) in [5.41, 5.74) is 2.69. The van der Waals surface area contributed by atoms with Crippen LogP contribution in [0.5, 0.6) is 5.75 Å². The summed E-state index contributed by atoms with van der Waals surface area (Å²) in [6, 6.07) is 10.1. The molecular formula is C26H30N4O6S. The quantitative estimate of drug-likeness (QED) is 0.303. The molecule has 10 nitrogen and oxygen atoms in total. The Bertz CT molecular complexity index is 1270. The standard InChI is InChI=1S/C26H30N4O6S/c1-7-30-23(17(4)36-21-10-8-9-15(2)16(21)3)28-29-26(30)37-14-22(31)27-20-12-18(24(32)34-5)11-19(13-20)25(33)35-6/h8-13,17H,7,14H2,1-6H3,(H,27,31). The van der Waals surface area contributed by atoms with Crippen molar-refractivity contribution in [2.75, 3.05) is 25.3 Å². The Balaban J connectivity index is 1.71. The highest BCUT2D eigenvalue weighted by atomic mass is 32.2. The molecule has 196 valence electrons. The van der Waals surface area contributed by atoms with E-state index in [0.717, 1.165) is 16.9 Å². The van der Waals surface area contributed by atoms with E-state index in [9.17, 15) is 14.4 Å². The summed E-state index contributed by atoms with van der Waals surface area (Å²) in [7, 11) is 2.46. The van der Waals surface area contributed by atoms with Gasteiger partial charge in [-0.2, -0.15) is 0 Å². The second-order valence-corrected chi connectivity index (χ2v) is 9.10. The average molecular weight is 527 g/mol. The highest BCUT2D eigenvalue weighted by Crippen LogP contribution is 2.28. The minimum Gasteiger partial charge on any atom is -0.482 e. The summed E-state index contributed by atoms with van der Waals surface area (Å²) in [5, 5.41) is 11.8. The topological polar surface area (TPSA) is 122 Å². The van der Waals surface area contributed by atoms with E-state index >= 15 is 0 Å². The Hall–Kier alpha value is -3.86. The van der Waals surface area contributed by atoms with Gasteiger partial charge in [-0.1, -0.05) is 23.9 Å². The van der Waals surface area contributed by atoms with Gasteiger partial charge in [0.2, 0.25) is 5.91 Å². The lowest BCUT2D eigenvalue weighted by Gasteiger charge is -2.17. The van der Waals surface area contributed by atoms with Gasteiger partial charge < -0.3 is 24.1 Å². The molecule has 0 spiro atoms. The maximum Gasteiger partial charge on any atom is 0.337 e. The second-order valence-electron chi connectivity index (χ2n) is 8.16. The third-order valence-electron chi connectivity index (χ3n) is 5.68. The van der Waals surface area contributed by atoms with Gasteiger partial charge in [0.25, 0.3) is 0 Å². The maximum absolute atomic E-state index is 12.7. The Kier molecular flexibility index (Phi) is 9.29. The van der Waals surface area contributed by atoms with E-state index in [1.54, 1.807) is 0 Å². The van der Waals surface area contributed by atoms with Crippen LogP contribution in [0.4, 0.5) is 5.69 Å². The average Bonchev–Trinajstić information content (AvgIpc) is 3.32. The zero-order chi connectivity index (χ0) is 27.1. The fourth-order valence-corrected chi connectivity index (χ4v) is 4.41. The molecule has 0 bridgehead atoms. The number of carbonyl (C=O) groups is 3. The van der Waals surface area contributed by atoms with Crippen LogP contribution in [0.25, 0.3) is 0 Å². The predicted molar refractivity (Wildman–Crippen MR) is 139 cm³/mol. The lowest BCUT2D eigenvalue weighted by atomic mass is 10.1. The van der Waals surface area contributed by atoms with Gasteiger partial charge >= 0.3 is 11.9 Å². The van der Waals surface area contributed by atoms with E-state index in [0.29, 0.717) is 17.5 Å². The first-order chi connectivity index (χ1) is 17.7. The van der Waals surface area contributed by atoms with Crippen LogP contribution in [-0.2, 0) is 20.8 Å². The van der Waals surface area contributed by atoms with Gasteiger partial charge in [0.15, 0.2) is 17.1 Å². The Morgan fingerprint density at radius 3 is 2.27 bits per heavy atom. The molecule has 11 heteroatoms. The summed E-state index contributed by atoms with van der Waals surface area (Å²) in [6.45, 7) is 8.51. The van der Waals surface area contributed by atoms with Crippen molar-refractivity contribution < 1.29 is 28.6 Å². The van der Waals surface area contributed by atoms with Gasteiger partial charge in [0.1, 0.15) is 5.75 Å². The summed E-state index contributed by atoms with van der Waals surface area (Å²) < 4.78 is 17.5.